The fourth-order valence-electron chi connectivity index (χ4n) is 5.13. The molecule has 2 N–H and O–H groups in total. The summed E-state index contributed by atoms with van der Waals surface area (Å²) in [6, 6.07) is 14.3. The van der Waals surface area contributed by atoms with Crippen molar-refractivity contribution < 1.29 is 24.2 Å². The van der Waals surface area contributed by atoms with Crippen LogP contribution in [0.3, 0.4) is 0 Å². The number of nitrogens with zero attached hydrogens (tertiary/aromatic N) is 2. The number of carboxylic acid groups (broad SMARTS) is 1. The standard InChI is InChI=1S/C26H31N3O5/c1-26(2)15-29(22(26)24(31)32)23(30)21(13-28(3)4)27-25(33)34-14-20-18-11-7-5-9-16(18)17-10-6-8-12-19(17)20/h5-12,20-22H,13-15H2,1-4H3,(H,27,33)(H,31,32). The van der Waals surface area contributed by atoms with E-state index in [2.05, 4.69) is 17.4 Å². The number of likely N-dealkylation sites (tertiary alicyclic amines) is 1. The van der Waals surface area contributed by atoms with E-state index in [-0.39, 0.29) is 19.1 Å². The summed E-state index contributed by atoms with van der Waals surface area (Å²) in [7, 11) is 3.57. The van der Waals surface area contributed by atoms with Gasteiger partial charge in [0.1, 0.15) is 18.7 Å². The van der Waals surface area contributed by atoms with Crippen LogP contribution in [0.1, 0.15) is 30.9 Å². The number of fused-ring (bicyclic) bond motifs is 3. The molecule has 1 heterocycles. The van der Waals surface area contributed by atoms with Gasteiger partial charge in [0.05, 0.1) is 0 Å². The Labute approximate surface area is 199 Å². The lowest BCUT2D eigenvalue weighted by Crippen LogP contribution is -2.70. The van der Waals surface area contributed by atoms with Gasteiger partial charge in [0, 0.05) is 24.4 Å². The second-order valence-corrected chi connectivity index (χ2v) is 9.98. The van der Waals surface area contributed by atoms with Crippen molar-refractivity contribution in [1.82, 2.24) is 15.1 Å². The van der Waals surface area contributed by atoms with Gasteiger partial charge in [-0.15, -0.1) is 0 Å². The van der Waals surface area contributed by atoms with Gasteiger partial charge >= 0.3 is 12.1 Å². The highest BCUT2D eigenvalue weighted by Gasteiger charge is 2.53. The zero-order chi connectivity index (χ0) is 24.6. The van der Waals surface area contributed by atoms with E-state index in [4.69, 9.17) is 4.74 Å². The molecule has 2 aromatic rings. The first-order chi connectivity index (χ1) is 16.1. The number of ether oxygens (including phenoxy) is 1. The third-order valence-corrected chi connectivity index (χ3v) is 6.63. The molecule has 1 aliphatic carbocycles. The van der Waals surface area contributed by atoms with Crippen LogP contribution in [-0.2, 0) is 14.3 Å². The number of likely N-dealkylation sites (N-methyl/N-ethyl adjacent to an activating group) is 1. The number of rotatable bonds is 7. The van der Waals surface area contributed by atoms with Gasteiger partial charge in [0.15, 0.2) is 0 Å². The molecule has 0 aromatic heterocycles. The Bertz CT molecular complexity index is 1070. The van der Waals surface area contributed by atoms with Gasteiger partial charge in [-0.3, -0.25) is 4.79 Å². The zero-order valence-electron chi connectivity index (χ0n) is 19.9. The molecule has 180 valence electrons. The summed E-state index contributed by atoms with van der Waals surface area (Å²) in [5.74, 6) is -1.56. The van der Waals surface area contributed by atoms with E-state index in [0.717, 1.165) is 22.3 Å². The third kappa shape index (κ3) is 4.37. The normalized spacial score (nSPS) is 19.1. The summed E-state index contributed by atoms with van der Waals surface area (Å²) in [5, 5.41) is 12.3. The number of hydrogen-bond donors (Lipinski definition) is 2. The number of nitrogens with one attached hydrogen (secondary N) is 1. The number of aliphatic carboxylic acids is 1. The second-order valence-electron chi connectivity index (χ2n) is 9.98. The maximum absolute atomic E-state index is 13.2. The average molecular weight is 466 g/mol. The minimum Gasteiger partial charge on any atom is -0.480 e. The highest BCUT2D eigenvalue weighted by Crippen LogP contribution is 2.44. The SMILES string of the molecule is CN(C)CC(NC(=O)OCC1c2ccccc2-c2ccccc21)C(=O)N1CC(C)(C)C1C(=O)O. The largest absolute Gasteiger partial charge is 0.480 e. The Hall–Kier alpha value is -3.39. The van der Waals surface area contributed by atoms with Gasteiger partial charge in [0.25, 0.3) is 0 Å². The Morgan fingerprint density at radius 2 is 1.65 bits per heavy atom. The second kappa shape index (κ2) is 9.10. The van der Waals surface area contributed by atoms with Gasteiger partial charge in [0.2, 0.25) is 5.91 Å². The number of carbonyl (C=O) groups excluding carboxylic acids is 2. The molecule has 8 nitrogen and oxygen atoms in total. The van der Waals surface area contributed by atoms with Crippen molar-refractivity contribution in [2.45, 2.75) is 31.8 Å². The summed E-state index contributed by atoms with van der Waals surface area (Å²) in [6.07, 6.45) is -0.700. The molecular weight excluding hydrogens is 434 g/mol. The Morgan fingerprint density at radius 1 is 1.09 bits per heavy atom. The Kier molecular flexibility index (Phi) is 6.36. The number of carbonyl (C=O) groups is 3. The van der Waals surface area contributed by atoms with Crippen LogP contribution in [0.25, 0.3) is 11.1 Å². The van der Waals surface area contributed by atoms with Crippen molar-refractivity contribution in [2.75, 3.05) is 33.8 Å². The Morgan fingerprint density at radius 3 is 2.15 bits per heavy atom. The molecule has 0 saturated carbocycles. The smallest absolute Gasteiger partial charge is 0.407 e. The van der Waals surface area contributed by atoms with Crippen molar-refractivity contribution in [2.24, 2.45) is 5.41 Å². The first-order valence-corrected chi connectivity index (χ1v) is 11.4. The lowest BCUT2D eigenvalue weighted by molar-refractivity contribution is -0.173. The molecule has 1 aliphatic heterocycles. The van der Waals surface area contributed by atoms with Crippen molar-refractivity contribution in [1.29, 1.82) is 0 Å². The van der Waals surface area contributed by atoms with E-state index in [1.807, 2.05) is 50.2 Å². The summed E-state index contributed by atoms with van der Waals surface area (Å²) in [6.45, 7) is 4.31. The molecule has 2 atom stereocenters. The van der Waals surface area contributed by atoms with Gasteiger partial charge in [-0.25, -0.2) is 9.59 Å². The maximum Gasteiger partial charge on any atom is 0.407 e. The lowest BCUT2D eigenvalue weighted by atomic mass is 9.74. The van der Waals surface area contributed by atoms with Gasteiger partial charge < -0.3 is 25.0 Å². The van der Waals surface area contributed by atoms with E-state index in [1.54, 1.807) is 19.0 Å². The number of carboxylic acids is 1. The number of benzene rings is 2. The molecule has 8 heteroatoms. The molecule has 0 bridgehead atoms. The minimum atomic E-state index is -1.05. The summed E-state index contributed by atoms with van der Waals surface area (Å²) in [4.78, 5) is 40.7. The summed E-state index contributed by atoms with van der Waals surface area (Å²) < 4.78 is 5.59. The van der Waals surface area contributed by atoms with Crippen LogP contribution in [0.15, 0.2) is 48.5 Å². The van der Waals surface area contributed by atoms with Crippen molar-refractivity contribution >= 4 is 18.0 Å². The van der Waals surface area contributed by atoms with Crippen molar-refractivity contribution in [3.8, 4) is 11.1 Å². The van der Waals surface area contributed by atoms with Gasteiger partial charge in [-0.05, 0) is 36.3 Å². The fraction of sp³-hybridized carbons (Fsp3) is 0.423. The van der Waals surface area contributed by atoms with E-state index in [9.17, 15) is 19.5 Å². The van der Waals surface area contributed by atoms with Gasteiger partial charge in [-0.1, -0.05) is 62.4 Å². The predicted octanol–water partition coefficient (Wildman–Crippen LogP) is 2.78. The minimum absolute atomic E-state index is 0.0891. The van der Waals surface area contributed by atoms with Crippen LogP contribution in [0.2, 0.25) is 0 Å². The zero-order valence-corrected chi connectivity index (χ0v) is 19.9. The van der Waals surface area contributed by atoms with Crippen molar-refractivity contribution in [3.63, 3.8) is 0 Å². The molecule has 2 aromatic carbocycles. The van der Waals surface area contributed by atoms with Gasteiger partial charge in [-0.2, -0.15) is 0 Å². The van der Waals surface area contributed by atoms with Crippen LogP contribution in [0.4, 0.5) is 4.79 Å². The van der Waals surface area contributed by atoms with E-state index in [0.29, 0.717) is 6.54 Å². The van der Waals surface area contributed by atoms with Crippen LogP contribution in [0.5, 0.6) is 0 Å². The average Bonchev–Trinajstić information content (AvgIpc) is 3.08. The summed E-state index contributed by atoms with van der Waals surface area (Å²) in [5.41, 5.74) is 3.95. The maximum atomic E-state index is 13.2. The molecule has 4 rings (SSSR count). The van der Waals surface area contributed by atoms with Crippen LogP contribution >= 0.6 is 0 Å². The van der Waals surface area contributed by atoms with Crippen LogP contribution < -0.4 is 5.32 Å². The number of amides is 2. The molecule has 2 amide bonds. The molecule has 2 unspecified atom stereocenters. The molecule has 0 spiro atoms. The molecular formula is C26H31N3O5. The Balaban J connectivity index is 1.44. The molecule has 1 saturated heterocycles. The van der Waals surface area contributed by atoms with Crippen LogP contribution in [0, 0.1) is 5.41 Å². The molecule has 34 heavy (non-hydrogen) atoms. The molecule has 1 fully saturated rings. The van der Waals surface area contributed by atoms with E-state index >= 15 is 0 Å². The topological polar surface area (TPSA) is 99.2 Å². The lowest BCUT2D eigenvalue weighted by Gasteiger charge is -2.52. The van der Waals surface area contributed by atoms with Crippen LogP contribution in [-0.4, -0.2) is 78.8 Å². The fourth-order valence-corrected chi connectivity index (χ4v) is 5.13. The monoisotopic (exact) mass is 465 g/mol. The van der Waals surface area contributed by atoms with Crippen molar-refractivity contribution in [3.05, 3.63) is 59.7 Å². The first kappa shape index (κ1) is 23.8. The predicted molar refractivity (Wildman–Crippen MR) is 127 cm³/mol. The quantitative estimate of drug-likeness (QED) is 0.653. The van der Waals surface area contributed by atoms with E-state index < -0.39 is 35.5 Å². The van der Waals surface area contributed by atoms with E-state index in [1.165, 1.54) is 4.90 Å². The number of hydrogen-bond acceptors (Lipinski definition) is 5. The first-order valence-electron chi connectivity index (χ1n) is 11.4. The third-order valence-electron chi connectivity index (χ3n) is 6.63. The number of alkyl carbamates (subject to hydrolysis) is 1. The molecule has 2 aliphatic rings. The highest BCUT2D eigenvalue weighted by molar-refractivity contribution is 5.91. The summed E-state index contributed by atoms with van der Waals surface area (Å²) >= 11 is 0. The molecule has 0 radical (unpaired) electrons. The highest BCUT2D eigenvalue weighted by atomic mass is 16.5.